The Bertz CT molecular complexity index is 406. The highest BCUT2D eigenvalue weighted by molar-refractivity contribution is 9.10. The molecule has 2 rings (SSSR count). The van der Waals surface area contributed by atoms with Crippen LogP contribution < -0.4 is 15.2 Å². The van der Waals surface area contributed by atoms with Gasteiger partial charge in [-0.15, -0.1) is 0 Å². The lowest BCUT2D eigenvalue weighted by Gasteiger charge is -2.04. The van der Waals surface area contributed by atoms with E-state index in [2.05, 4.69) is 15.9 Å². The van der Waals surface area contributed by atoms with Gasteiger partial charge >= 0.3 is 0 Å². The summed E-state index contributed by atoms with van der Waals surface area (Å²) in [5.41, 5.74) is 5.93. The maximum absolute atomic E-state index is 11.7. The molecule has 2 N–H and O–H groups in total. The zero-order valence-corrected chi connectivity index (χ0v) is 9.54. The Balaban J connectivity index is 2.36. The Morgan fingerprint density at radius 1 is 1.40 bits per heavy atom. The first-order valence-corrected chi connectivity index (χ1v) is 5.34. The average Bonchev–Trinajstić information content (AvgIpc) is 2.63. The van der Waals surface area contributed by atoms with Crippen LogP contribution in [0.4, 0.5) is 0 Å². The molecule has 1 heterocycles. The summed E-state index contributed by atoms with van der Waals surface area (Å²) in [6.45, 7) is 0.552. The SMILES string of the molecule is NCCC(=O)c1cc2c(cc1Br)OCO2. The maximum atomic E-state index is 11.7. The van der Waals surface area contributed by atoms with Crippen molar-refractivity contribution in [3.63, 3.8) is 0 Å². The summed E-state index contributed by atoms with van der Waals surface area (Å²) in [5.74, 6) is 1.27. The van der Waals surface area contributed by atoms with Crippen molar-refractivity contribution in [1.82, 2.24) is 0 Å². The summed E-state index contributed by atoms with van der Waals surface area (Å²) in [7, 11) is 0. The molecule has 0 amide bonds. The van der Waals surface area contributed by atoms with Crippen LogP contribution in [0.25, 0.3) is 0 Å². The largest absolute Gasteiger partial charge is 0.454 e. The van der Waals surface area contributed by atoms with E-state index in [9.17, 15) is 4.79 Å². The summed E-state index contributed by atoms with van der Waals surface area (Å²) in [6.07, 6.45) is 0.332. The zero-order valence-electron chi connectivity index (χ0n) is 7.96. The van der Waals surface area contributed by atoms with E-state index < -0.39 is 0 Å². The second-order valence-electron chi connectivity index (χ2n) is 3.15. The van der Waals surface area contributed by atoms with Crippen LogP contribution in [-0.2, 0) is 0 Å². The molecule has 0 unspecified atom stereocenters. The Hall–Kier alpha value is -1.07. The van der Waals surface area contributed by atoms with E-state index in [4.69, 9.17) is 15.2 Å². The van der Waals surface area contributed by atoms with Gasteiger partial charge in [0, 0.05) is 16.5 Å². The van der Waals surface area contributed by atoms with Crippen LogP contribution in [0.5, 0.6) is 11.5 Å². The monoisotopic (exact) mass is 271 g/mol. The summed E-state index contributed by atoms with van der Waals surface area (Å²) in [6, 6.07) is 3.43. The van der Waals surface area contributed by atoms with Crippen LogP contribution in [0.1, 0.15) is 16.8 Å². The van der Waals surface area contributed by atoms with Crippen LogP contribution in [0, 0.1) is 0 Å². The minimum atomic E-state index is 0.00248. The molecule has 0 atom stereocenters. The van der Waals surface area contributed by atoms with Crippen LogP contribution in [0.3, 0.4) is 0 Å². The molecular formula is C10H10BrNO3. The number of ketones is 1. The number of hydrogen-bond acceptors (Lipinski definition) is 4. The number of halogens is 1. The van der Waals surface area contributed by atoms with Crippen LogP contribution in [0.15, 0.2) is 16.6 Å². The van der Waals surface area contributed by atoms with E-state index in [1.165, 1.54) is 0 Å². The molecule has 1 aromatic carbocycles. The first kappa shape index (κ1) is 10.4. The molecule has 0 saturated carbocycles. The number of carbonyl (C=O) groups is 1. The molecule has 5 heteroatoms. The molecule has 4 nitrogen and oxygen atoms in total. The summed E-state index contributed by atoms with van der Waals surface area (Å²) >= 11 is 3.32. The summed E-state index contributed by atoms with van der Waals surface area (Å²) in [4.78, 5) is 11.7. The molecular weight excluding hydrogens is 262 g/mol. The molecule has 0 radical (unpaired) electrons. The number of ether oxygens (including phenoxy) is 2. The topological polar surface area (TPSA) is 61.6 Å². The first-order valence-electron chi connectivity index (χ1n) is 4.55. The predicted octanol–water partition coefficient (Wildman–Crippen LogP) is 1.71. The Labute approximate surface area is 95.5 Å². The Morgan fingerprint density at radius 3 is 2.73 bits per heavy atom. The fourth-order valence-electron chi connectivity index (χ4n) is 1.40. The normalized spacial score (nSPS) is 12.9. The summed E-state index contributed by atoms with van der Waals surface area (Å²) in [5, 5.41) is 0. The van der Waals surface area contributed by atoms with Crippen molar-refractivity contribution < 1.29 is 14.3 Å². The fourth-order valence-corrected chi connectivity index (χ4v) is 1.94. The van der Waals surface area contributed by atoms with Crippen molar-refractivity contribution in [3.8, 4) is 11.5 Å². The minimum Gasteiger partial charge on any atom is -0.454 e. The van der Waals surface area contributed by atoms with Crippen molar-refractivity contribution in [2.45, 2.75) is 6.42 Å². The van der Waals surface area contributed by atoms with Gasteiger partial charge in [0.15, 0.2) is 17.3 Å². The predicted molar refractivity (Wildman–Crippen MR) is 58.3 cm³/mol. The highest BCUT2D eigenvalue weighted by Crippen LogP contribution is 2.37. The summed E-state index contributed by atoms with van der Waals surface area (Å²) < 4.78 is 11.1. The number of hydrogen-bond donors (Lipinski definition) is 1. The van der Waals surface area contributed by atoms with Crippen molar-refractivity contribution in [2.24, 2.45) is 5.73 Å². The van der Waals surface area contributed by atoms with Gasteiger partial charge < -0.3 is 15.2 Å². The van der Waals surface area contributed by atoms with Gasteiger partial charge in [0.25, 0.3) is 0 Å². The van der Waals surface area contributed by atoms with Crippen molar-refractivity contribution >= 4 is 21.7 Å². The molecule has 1 aliphatic heterocycles. The highest BCUT2D eigenvalue weighted by atomic mass is 79.9. The first-order chi connectivity index (χ1) is 7.22. The highest BCUT2D eigenvalue weighted by Gasteiger charge is 2.19. The van der Waals surface area contributed by atoms with Gasteiger partial charge in [0.1, 0.15) is 0 Å². The lowest BCUT2D eigenvalue weighted by Crippen LogP contribution is -2.08. The number of Topliss-reactive ketones (excluding diaryl/α,β-unsaturated/α-hetero) is 1. The molecule has 0 bridgehead atoms. The van der Waals surface area contributed by atoms with Gasteiger partial charge in [-0.1, -0.05) is 0 Å². The third-order valence-electron chi connectivity index (χ3n) is 2.13. The molecule has 0 aromatic heterocycles. The number of fused-ring (bicyclic) bond motifs is 1. The Morgan fingerprint density at radius 2 is 2.07 bits per heavy atom. The van der Waals surface area contributed by atoms with Gasteiger partial charge in [0.05, 0.1) is 0 Å². The lowest BCUT2D eigenvalue weighted by molar-refractivity contribution is 0.0984. The van der Waals surface area contributed by atoms with Gasteiger partial charge in [-0.25, -0.2) is 0 Å². The molecule has 1 aliphatic rings. The Kier molecular flexibility index (Phi) is 2.93. The van der Waals surface area contributed by atoms with Gasteiger partial charge in [-0.3, -0.25) is 4.79 Å². The average molecular weight is 272 g/mol. The van der Waals surface area contributed by atoms with Crippen LogP contribution in [0.2, 0.25) is 0 Å². The van der Waals surface area contributed by atoms with E-state index in [0.29, 0.717) is 34.5 Å². The lowest BCUT2D eigenvalue weighted by atomic mass is 10.1. The molecule has 0 fully saturated rings. The maximum Gasteiger partial charge on any atom is 0.231 e. The molecule has 80 valence electrons. The number of rotatable bonds is 3. The fraction of sp³-hybridized carbons (Fsp3) is 0.300. The van der Waals surface area contributed by atoms with Crippen LogP contribution >= 0.6 is 15.9 Å². The van der Waals surface area contributed by atoms with E-state index >= 15 is 0 Å². The molecule has 0 spiro atoms. The van der Waals surface area contributed by atoms with Gasteiger partial charge in [0.2, 0.25) is 6.79 Å². The standard InChI is InChI=1S/C10H10BrNO3/c11-7-4-10-9(14-5-15-10)3-6(7)8(13)1-2-12/h3-4H,1-2,5,12H2. The quantitative estimate of drug-likeness (QED) is 0.851. The van der Waals surface area contributed by atoms with Crippen molar-refractivity contribution in [1.29, 1.82) is 0 Å². The van der Waals surface area contributed by atoms with E-state index in [0.717, 1.165) is 0 Å². The van der Waals surface area contributed by atoms with Crippen molar-refractivity contribution in [2.75, 3.05) is 13.3 Å². The number of carbonyl (C=O) groups excluding carboxylic acids is 1. The number of benzene rings is 1. The van der Waals surface area contributed by atoms with Gasteiger partial charge in [-0.2, -0.15) is 0 Å². The second kappa shape index (κ2) is 4.20. The molecule has 1 aromatic rings. The van der Waals surface area contributed by atoms with E-state index in [1.54, 1.807) is 12.1 Å². The van der Waals surface area contributed by atoms with E-state index in [-0.39, 0.29) is 12.6 Å². The third-order valence-corrected chi connectivity index (χ3v) is 2.79. The minimum absolute atomic E-state index is 0.00248. The van der Waals surface area contributed by atoms with Crippen molar-refractivity contribution in [3.05, 3.63) is 22.2 Å². The molecule has 0 saturated heterocycles. The van der Waals surface area contributed by atoms with Gasteiger partial charge in [-0.05, 0) is 34.6 Å². The van der Waals surface area contributed by atoms with E-state index in [1.807, 2.05) is 0 Å². The molecule has 15 heavy (non-hydrogen) atoms. The third kappa shape index (κ3) is 1.98. The smallest absolute Gasteiger partial charge is 0.231 e. The zero-order chi connectivity index (χ0) is 10.8. The second-order valence-corrected chi connectivity index (χ2v) is 4.00. The number of nitrogens with two attached hydrogens (primary N) is 1. The molecule has 0 aliphatic carbocycles. The van der Waals surface area contributed by atoms with Crippen LogP contribution in [-0.4, -0.2) is 19.1 Å².